The van der Waals surface area contributed by atoms with Crippen molar-refractivity contribution >= 4 is 49.8 Å². The summed E-state index contributed by atoms with van der Waals surface area (Å²) in [5.41, 5.74) is 6.75. The van der Waals surface area contributed by atoms with E-state index in [1.807, 2.05) is 24.3 Å². The van der Waals surface area contributed by atoms with Crippen LogP contribution in [0, 0.1) is 5.82 Å². The molecule has 0 saturated heterocycles. The highest BCUT2D eigenvalue weighted by atomic mass is 35.5. The monoisotopic (exact) mass is 344 g/mol. The first-order chi connectivity index (χ1) is 11.1. The fourth-order valence-electron chi connectivity index (χ4n) is 2.78. The van der Waals surface area contributed by atoms with Gasteiger partial charge in [-0.25, -0.2) is 4.39 Å². The minimum Gasteiger partial charge on any atom is -0.508 e. The van der Waals surface area contributed by atoms with Crippen molar-refractivity contribution in [2.24, 2.45) is 0 Å². The average molecular weight is 345 g/mol. The topological polar surface area (TPSA) is 59.1 Å². The predicted molar refractivity (Wildman–Crippen MR) is 93.6 cm³/mol. The smallest absolute Gasteiger partial charge is 0.159 e. The van der Waals surface area contributed by atoms with E-state index in [4.69, 9.17) is 17.3 Å². The van der Waals surface area contributed by atoms with Crippen LogP contribution in [0.2, 0.25) is 5.02 Å². The van der Waals surface area contributed by atoms with Crippen LogP contribution in [0.25, 0.3) is 32.8 Å². The number of hydrogen-bond acceptors (Lipinski definition) is 4. The molecule has 0 aliphatic carbocycles. The number of halogens is 2. The largest absolute Gasteiger partial charge is 0.508 e. The van der Waals surface area contributed by atoms with Gasteiger partial charge in [0.25, 0.3) is 0 Å². The van der Waals surface area contributed by atoms with Gasteiger partial charge in [0.1, 0.15) is 16.3 Å². The van der Waals surface area contributed by atoms with Crippen molar-refractivity contribution < 1.29 is 9.50 Å². The van der Waals surface area contributed by atoms with Crippen molar-refractivity contribution in [2.75, 3.05) is 5.73 Å². The Morgan fingerprint density at radius 2 is 1.91 bits per heavy atom. The molecule has 0 aliphatic rings. The lowest BCUT2D eigenvalue weighted by Gasteiger charge is -2.11. The quantitative estimate of drug-likeness (QED) is 0.499. The fourth-order valence-corrected chi connectivity index (χ4v) is 3.69. The molecular formula is C17H10ClFN2OS. The van der Waals surface area contributed by atoms with Crippen molar-refractivity contribution in [2.45, 2.75) is 0 Å². The maximum absolute atomic E-state index is 15.0. The first-order valence-corrected chi connectivity index (χ1v) is 7.96. The van der Waals surface area contributed by atoms with Gasteiger partial charge in [-0.15, -0.1) is 0 Å². The van der Waals surface area contributed by atoms with Gasteiger partial charge in [0.2, 0.25) is 0 Å². The summed E-state index contributed by atoms with van der Waals surface area (Å²) in [6.07, 6.45) is 0. The highest BCUT2D eigenvalue weighted by Crippen LogP contribution is 2.42. The van der Waals surface area contributed by atoms with E-state index in [0.29, 0.717) is 16.0 Å². The number of nitrogens with zero attached hydrogens (tertiary/aromatic N) is 1. The van der Waals surface area contributed by atoms with Crippen LogP contribution in [0.15, 0.2) is 42.5 Å². The van der Waals surface area contributed by atoms with E-state index < -0.39 is 5.82 Å². The normalized spacial score (nSPS) is 11.4. The minimum atomic E-state index is -0.531. The summed E-state index contributed by atoms with van der Waals surface area (Å²) < 4.78 is 19.1. The summed E-state index contributed by atoms with van der Waals surface area (Å²) >= 11 is 7.36. The third kappa shape index (κ3) is 2.12. The first kappa shape index (κ1) is 14.2. The molecule has 0 spiro atoms. The Bertz CT molecular complexity index is 1080. The van der Waals surface area contributed by atoms with E-state index in [0.717, 1.165) is 22.3 Å². The molecule has 4 rings (SSSR count). The van der Waals surface area contributed by atoms with Gasteiger partial charge >= 0.3 is 0 Å². The first-order valence-electron chi connectivity index (χ1n) is 6.81. The molecule has 0 fully saturated rings. The molecule has 0 bridgehead atoms. The van der Waals surface area contributed by atoms with Gasteiger partial charge in [-0.05, 0) is 46.1 Å². The number of nitrogen functional groups attached to an aromatic ring is 1. The number of phenolic OH excluding ortho intramolecular Hbond substituents is 1. The van der Waals surface area contributed by atoms with Crippen LogP contribution in [0.4, 0.5) is 9.39 Å². The van der Waals surface area contributed by atoms with Gasteiger partial charge < -0.3 is 10.8 Å². The number of rotatable bonds is 1. The van der Waals surface area contributed by atoms with Crippen LogP contribution >= 0.6 is 23.1 Å². The summed E-state index contributed by atoms with van der Waals surface area (Å²) in [6, 6.07) is 12.2. The van der Waals surface area contributed by atoms with Gasteiger partial charge in [0.15, 0.2) is 5.82 Å². The molecule has 4 aromatic rings. The highest BCUT2D eigenvalue weighted by molar-refractivity contribution is 7.11. The number of anilines is 1. The predicted octanol–water partition coefficient (Wildman–Crippen LogP) is 5.20. The Labute approximate surface area is 139 Å². The molecule has 0 atom stereocenters. The van der Waals surface area contributed by atoms with E-state index in [2.05, 4.69) is 4.37 Å². The van der Waals surface area contributed by atoms with E-state index in [1.54, 1.807) is 12.1 Å². The second-order valence-corrected chi connectivity index (χ2v) is 6.42. The number of nitrogens with two attached hydrogens (primary N) is 1. The summed E-state index contributed by atoms with van der Waals surface area (Å²) in [5.74, 6) is -0.483. The van der Waals surface area contributed by atoms with Crippen LogP contribution in [-0.2, 0) is 0 Å². The van der Waals surface area contributed by atoms with Gasteiger partial charge in [-0.3, -0.25) is 0 Å². The van der Waals surface area contributed by atoms with Gasteiger partial charge in [-0.2, -0.15) is 4.37 Å². The van der Waals surface area contributed by atoms with Gasteiger partial charge in [0.05, 0.1) is 5.02 Å². The zero-order chi connectivity index (χ0) is 16.1. The molecule has 1 heterocycles. The molecular weight excluding hydrogens is 335 g/mol. The van der Waals surface area contributed by atoms with Crippen molar-refractivity contribution in [3.63, 3.8) is 0 Å². The minimum absolute atomic E-state index is 0.0482. The van der Waals surface area contributed by atoms with Crippen LogP contribution in [0.3, 0.4) is 0 Å². The summed E-state index contributed by atoms with van der Waals surface area (Å²) in [6.45, 7) is 0. The Morgan fingerprint density at radius 1 is 1.13 bits per heavy atom. The van der Waals surface area contributed by atoms with E-state index in [9.17, 15) is 5.11 Å². The SMILES string of the molecule is Nc1snc2c(F)c(-c3cc(O)cc4ccccc34)c(Cl)cc12. The Balaban J connectivity index is 2.15. The zero-order valence-electron chi connectivity index (χ0n) is 11.7. The summed E-state index contributed by atoms with van der Waals surface area (Å²) in [5, 5.41) is 12.7. The van der Waals surface area contributed by atoms with Crippen LogP contribution in [-0.4, -0.2) is 9.48 Å². The molecule has 3 aromatic carbocycles. The molecule has 0 unspecified atom stereocenters. The third-order valence-corrected chi connectivity index (χ3v) is 4.80. The Hall–Kier alpha value is -2.37. The lowest BCUT2D eigenvalue weighted by molar-refractivity contribution is 0.476. The Morgan fingerprint density at radius 3 is 2.74 bits per heavy atom. The highest BCUT2D eigenvalue weighted by Gasteiger charge is 2.20. The van der Waals surface area contributed by atoms with E-state index in [-0.39, 0.29) is 21.9 Å². The number of fused-ring (bicyclic) bond motifs is 2. The standard InChI is InChI=1S/C17H10ClFN2OS/c18-13-7-12-16(21-23-17(12)20)15(19)14(13)11-6-9(22)5-8-3-1-2-4-10(8)11/h1-7,22H,20H2. The number of aromatic hydroxyl groups is 1. The maximum atomic E-state index is 15.0. The third-order valence-electron chi connectivity index (χ3n) is 3.81. The molecule has 3 nitrogen and oxygen atoms in total. The fraction of sp³-hybridized carbons (Fsp3) is 0. The second-order valence-electron chi connectivity index (χ2n) is 5.20. The van der Waals surface area contributed by atoms with E-state index in [1.165, 1.54) is 6.07 Å². The molecule has 3 N–H and O–H groups in total. The molecule has 0 radical (unpaired) electrons. The van der Waals surface area contributed by atoms with Crippen molar-refractivity contribution in [1.82, 2.24) is 4.37 Å². The van der Waals surface area contributed by atoms with Crippen molar-refractivity contribution in [3.05, 3.63) is 53.3 Å². The summed E-state index contributed by atoms with van der Waals surface area (Å²) in [4.78, 5) is 0. The lowest BCUT2D eigenvalue weighted by atomic mass is 9.96. The molecule has 23 heavy (non-hydrogen) atoms. The Kier molecular flexibility index (Phi) is 3.14. The van der Waals surface area contributed by atoms with E-state index >= 15 is 4.39 Å². The molecule has 0 amide bonds. The molecule has 6 heteroatoms. The van der Waals surface area contributed by atoms with Crippen LogP contribution < -0.4 is 5.73 Å². The van der Waals surface area contributed by atoms with Gasteiger partial charge in [0, 0.05) is 10.9 Å². The molecule has 0 saturated carbocycles. The zero-order valence-corrected chi connectivity index (χ0v) is 13.2. The van der Waals surface area contributed by atoms with Crippen molar-refractivity contribution in [1.29, 1.82) is 0 Å². The average Bonchev–Trinajstić information content (AvgIpc) is 2.88. The number of phenols is 1. The number of hydrogen-bond donors (Lipinski definition) is 2. The molecule has 0 aliphatic heterocycles. The van der Waals surface area contributed by atoms with Crippen LogP contribution in [0.1, 0.15) is 0 Å². The molecule has 114 valence electrons. The maximum Gasteiger partial charge on any atom is 0.159 e. The van der Waals surface area contributed by atoms with Gasteiger partial charge in [-0.1, -0.05) is 35.9 Å². The number of benzene rings is 3. The number of aromatic nitrogens is 1. The second kappa shape index (κ2) is 5.08. The lowest BCUT2D eigenvalue weighted by Crippen LogP contribution is -1.91. The molecule has 1 aromatic heterocycles. The van der Waals surface area contributed by atoms with Crippen LogP contribution in [0.5, 0.6) is 5.75 Å². The van der Waals surface area contributed by atoms with Crippen molar-refractivity contribution in [3.8, 4) is 16.9 Å². The summed E-state index contributed by atoms with van der Waals surface area (Å²) in [7, 11) is 0.